The van der Waals surface area contributed by atoms with Gasteiger partial charge >= 0.3 is 0 Å². The van der Waals surface area contributed by atoms with E-state index in [1.54, 1.807) is 0 Å². The molecule has 3 nitrogen and oxygen atoms in total. The van der Waals surface area contributed by atoms with Gasteiger partial charge in [-0.25, -0.2) is 4.98 Å². The van der Waals surface area contributed by atoms with E-state index in [9.17, 15) is 0 Å². The van der Waals surface area contributed by atoms with Gasteiger partial charge in [-0.2, -0.15) is 0 Å². The number of rotatable bonds is 12. The summed E-state index contributed by atoms with van der Waals surface area (Å²) in [6, 6.07) is 71.4. The number of benzene rings is 6. The third kappa shape index (κ3) is 8.60. The SMILES string of the molecule is c1ccc(-c2cccc(-c3ccc(-c4ccccc4-c4cc(CCc5ccc(-c6ccccn6)cc5)cc(CCc5ccc(-c6ccccn6)cc5)c4)cc3)n2)cc1. The van der Waals surface area contributed by atoms with Gasteiger partial charge in [-0.3, -0.25) is 9.97 Å². The van der Waals surface area contributed by atoms with E-state index in [0.717, 1.165) is 70.7 Å². The van der Waals surface area contributed by atoms with Gasteiger partial charge in [-0.1, -0.05) is 164 Å². The Bertz CT molecular complexity index is 2620. The highest BCUT2D eigenvalue weighted by Gasteiger charge is 2.12. The molecule has 9 aromatic rings. The van der Waals surface area contributed by atoms with Crippen LogP contribution in [0.2, 0.25) is 0 Å². The van der Waals surface area contributed by atoms with E-state index in [-0.39, 0.29) is 0 Å². The monoisotopic (exact) mass is 745 g/mol. The highest BCUT2D eigenvalue weighted by Crippen LogP contribution is 2.35. The topological polar surface area (TPSA) is 38.7 Å². The minimum atomic E-state index is 0.953. The van der Waals surface area contributed by atoms with Crippen LogP contribution in [0.5, 0.6) is 0 Å². The molecule has 0 bridgehead atoms. The molecular formula is C55H43N3. The summed E-state index contributed by atoms with van der Waals surface area (Å²) < 4.78 is 0. The van der Waals surface area contributed by atoms with E-state index in [1.807, 2.05) is 42.7 Å². The van der Waals surface area contributed by atoms with E-state index < -0.39 is 0 Å². The van der Waals surface area contributed by atoms with Crippen molar-refractivity contribution in [3.8, 4) is 67.3 Å². The van der Waals surface area contributed by atoms with E-state index >= 15 is 0 Å². The molecule has 9 rings (SSSR count). The number of aryl methyl sites for hydroxylation is 4. The summed E-state index contributed by atoms with van der Waals surface area (Å²) >= 11 is 0. The van der Waals surface area contributed by atoms with Crippen molar-refractivity contribution in [3.63, 3.8) is 0 Å². The molecule has 0 aliphatic heterocycles. The molecule has 3 aromatic heterocycles. The molecule has 0 atom stereocenters. The Balaban J connectivity index is 0.994. The van der Waals surface area contributed by atoms with Gasteiger partial charge in [0, 0.05) is 34.6 Å². The molecule has 278 valence electrons. The Morgan fingerprint density at radius 1 is 0.259 bits per heavy atom. The van der Waals surface area contributed by atoms with Crippen LogP contribution in [0.4, 0.5) is 0 Å². The van der Waals surface area contributed by atoms with E-state index in [1.165, 1.54) is 44.5 Å². The number of hydrogen-bond acceptors (Lipinski definition) is 3. The van der Waals surface area contributed by atoms with Gasteiger partial charge in [-0.15, -0.1) is 0 Å². The van der Waals surface area contributed by atoms with Crippen LogP contribution < -0.4 is 0 Å². The first-order valence-corrected chi connectivity index (χ1v) is 20.1. The fourth-order valence-corrected chi connectivity index (χ4v) is 7.71. The Kier molecular flexibility index (Phi) is 10.8. The van der Waals surface area contributed by atoms with Gasteiger partial charge in [0.2, 0.25) is 0 Å². The lowest BCUT2D eigenvalue weighted by Crippen LogP contribution is -1.98. The van der Waals surface area contributed by atoms with E-state index in [4.69, 9.17) is 4.98 Å². The molecule has 3 heteroatoms. The molecule has 58 heavy (non-hydrogen) atoms. The maximum Gasteiger partial charge on any atom is 0.0709 e. The maximum absolute atomic E-state index is 5.01. The van der Waals surface area contributed by atoms with Crippen molar-refractivity contribution in [2.24, 2.45) is 0 Å². The zero-order valence-corrected chi connectivity index (χ0v) is 32.4. The highest BCUT2D eigenvalue weighted by molar-refractivity contribution is 5.85. The summed E-state index contributed by atoms with van der Waals surface area (Å²) in [7, 11) is 0. The van der Waals surface area contributed by atoms with Crippen LogP contribution in [-0.4, -0.2) is 15.0 Å². The average Bonchev–Trinajstić information content (AvgIpc) is 3.31. The first-order valence-electron chi connectivity index (χ1n) is 20.1. The zero-order valence-electron chi connectivity index (χ0n) is 32.4. The van der Waals surface area contributed by atoms with Gasteiger partial charge in [0.15, 0.2) is 0 Å². The van der Waals surface area contributed by atoms with Gasteiger partial charge < -0.3 is 0 Å². The lowest BCUT2D eigenvalue weighted by molar-refractivity contribution is 0.931. The largest absolute Gasteiger partial charge is 0.256 e. The summed E-state index contributed by atoms with van der Waals surface area (Å²) in [5.74, 6) is 0. The van der Waals surface area contributed by atoms with Gasteiger partial charge in [0.1, 0.15) is 0 Å². The number of pyridine rings is 3. The van der Waals surface area contributed by atoms with Gasteiger partial charge in [0.25, 0.3) is 0 Å². The van der Waals surface area contributed by atoms with E-state index in [2.05, 4.69) is 180 Å². The Hall–Kier alpha value is -7.23. The number of aromatic nitrogens is 3. The second-order valence-corrected chi connectivity index (χ2v) is 14.8. The molecule has 0 amide bonds. The van der Waals surface area contributed by atoms with Crippen LogP contribution in [0.25, 0.3) is 67.3 Å². The first kappa shape index (κ1) is 36.4. The Morgan fingerprint density at radius 3 is 1.17 bits per heavy atom. The van der Waals surface area contributed by atoms with Crippen LogP contribution >= 0.6 is 0 Å². The van der Waals surface area contributed by atoms with Crippen molar-refractivity contribution in [2.75, 3.05) is 0 Å². The highest BCUT2D eigenvalue weighted by atomic mass is 14.7. The molecule has 0 radical (unpaired) electrons. The molecule has 0 saturated carbocycles. The third-order valence-electron chi connectivity index (χ3n) is 10.8. The molecule has 6 aromatic carbocycles. The standard InChI is InChI=1S/C55H43N3/c1-2-11-45(12-3-1)54-17-10-18-55(58-54)48-33-31-44(32-34-48)50-13-4-5-14-51(50)49-38-42(21-19-40-23-27-46(28-24-40)52-15-6-8-35-56-52)37-43(39-49)22-20-41-25-29-47(30-26-41)53-16-7-9-36-57-53/h1-18,23-39H,19-22H2. The fourth-order valence-electron chi connectivity index (χ4n) is 7.71. The predicted octanol–water partition coefficient (Wildman–Crippen LogP) is 13.4. The van der Waals surface area contributed by atoms with Crippen molar-refractivity contribution >= 4 is 0 Å². The third-order valence-corrected chi connectivity index (χ3v) is 10.8. The molecule has 0 saturated heterocycles. The van der Waals surface area contributed by atoms with Crippen LogP contribution in [0, 0.1) is 0 Å². The molecule has 0 unspecified atom stereocenters. The number of hydrogen-bond donors (Lipinski definition) is 0. The van der Waals surface area contributed by atoms with Crippen molar-refractivity contribution in [1.29, 1.82) is 0 Å². The smallest absolute Gasteiger partial charge is 0.0709 e. The zero-order chi connectivity index (χ0) is 38.9. The second kappa shape index (κ2) is 17.3. The predicted molar refractivity (Wildman–Crippen MR) is 240 cm³/mol. The fraction of sp³-hybridized carbons (Fsp3) is 0.0727. The lowest BCUT2D eigenvalue weighted by Gasteiger charge is -2.15. The molecule has 0 aliphatic carbocycles. The number of nitrogens with zero attached hydrogens (tertiary/aromatic N) is 3. The van der Waals surface area contributed by atoms with Crippen molar-refractivity contribution < 1.29 is 0 Å². The molecule has 0 spiro atoms. The van der Waals surface area contributed by atoms with Crippen molar-refractivity contribution in [3.05, 3.63) is 235 Å². The average molecular weight is 746 g/mol. The van der Waals surface area contributed by atoms with Crippen molar-refractivity contribution in [1.82, 2.24) is 15.0 Å². The molecule has 0 fully saturated rings. The molecule has 0 aliphatic rings. The second-order valence-electron chi connectivity index (χ2n) is 14.8. The van der Waals surface area contributed by atoms with Gasteiger partial charge in [0.05, 0.1) is 22.8 Å². The van der Waals surface area contributed by atoms with Crippen LogP contribution in [0.1, 0.15) is 22.3 Å². The van der Waals surface area contributed by atoms with Crippen LogP contribution in [0.3, 0.4) is 0 Å². The normalized spacial score (nSPS) is 11.0. The summed E-state index contributed by atoms with van der Waals surface area (Å²) in [5, 5.41) is 0. The first-order chi connectivity index (χ1) is 28.7. The van der Waals surface area contributed by atoms with Crippen molar-refractivity contribution in [2.45, 2.75) is 25.7 Å². The van der Waals surface area contributed by atoms with E-state index in [0.29, 0.717) is 0 Å². The maximum atomic E-state index is 5.01. The van der Waals surface area contributed by atoms with Crippen LogP contribution in [-0.2, 0) is 25.7 Å². The minimum Gasteiger partial charge on any atom is -0.256 e. The Labute approximate surface area is 341 Å². The summed E-state index contributed by atoms with van der Waals surface area (Å²) in [6.07, 6.45) is 7.53. The summed E-state index contributed by atoms with van der Waals surface area (Å²) in [5.41, 5.74) is 18.7. The lowest BCUT2D eigenvalue weighted by atomic mass is 9.90. The summed E-state index contributed by atoms with van der Waals surface area (Å²) in [4.78, 5) is 14.1. The quantitative estimate of drug-likeness (QED) is 0.125. The van der Waals surface area contributed by atoms with Crippen LogP contribution in [0.15, 0.2) is 213 Å². The van der Waals surface area contributed by atoms with Gasteiger partial charge in [-0.05, 0) is 107 Å². The summed E-state index contributed by atoms with van der Waals surface area (Å²) in [6.45, 7) is 0. The minimum absolute atomic E-state index is 0.953. The Morgan fingerprint density at radius 2 is 0.655 bits per heavy atom. The molecular weight excluding hydrogens is 703 g/mol. The molecule has 0 N–H and O–H groups in total. The molecule has 3 heterocycles.